The fraction of sp³-hybridized carbons (Fsp3) is 0.0714. The molecule has 0 radical (unpaired) electrons. The average Bonchev–Trinajstić information content (AvgIpc) is 2.47. The lowest BCUT2D eigenvalue weighted by atomic mass is 10.2. The fourth-order valence-electron chi connectivity index (χ4n) is 1.59. The van der Waals surface area contributed by atoms with Crippen molar-refractivity contribution in [3.8, 4) is 5.75 Å². The molecule has 2 aromatic carbocycles. The number of phenols is 1. The van der Waals surface area contributed by atoms with Gasteiger partial charge in [-0.05, 0) is 23.8 Å². The van der Waals surface area contributed by atoms with E-state index in [1.54, 1.807) is 18.2 Å². The molecule has 2 aromatic rings. The largest absolute Gasteiger partial charge is 0.507 e. The van der Waals surface area contributed by atoms with Crippen molar-refractivity contribution in [2.75, 3.05) is 0 Å². The molecule has 0 bridgehead atoms. The quantitative estimate of drug-likeness (QED) is 0.520. The summed E-state index contributed by atoms with van der Waals surface area (Å²) in [4.78, 5) is 15.2. The molecule has 21 heavy (non-hydrogen) atoms. The Hall–Kier alpha value is -2.60. The molecule has 0 saturated carbocycles. The Labute approximate surface area is 125 Å². The molecule has 0 aromatic heterocycles. The lowest BCUT2D eigenvalue weighted by Crippen LogP contribution is -1.92. The van der Waals surface area contributed by atoms with E-state index >= 15 is 0 Å². The topological polar surface area (TPSA) is 85.0 Å². The minimum Gasteiger partial charge on any atom is -0.507 e. The van der Waals surface area contributed by atoms with Crippen LogP contribution in [0.2, 0.25) is 5.02 Å². The van der Waals surface area contributed by atoms with Gasteiger partial charge in [0.25, 0.3) is 5.69 Å². The van der Waals surface area contributed by atoms with Crippen LogP contribution in [0, 0.1) is 10.1 Å². The second-order valence-corrected chi connectivity index (χ2v) is 4.57. The highest BCUT2D eigenvalue weighted by molar-refractivity contribution is 6.30. The number of hydrogen-bond acceptors (Lipinski definition) is 5. The van der Waals surface area contributed by atoms with E-state index in [4.69, 9.17) is 16.4 Å². The van der Waals surface area contributed by atoms with E-state index in [0.717, 1.165) is 0 Å². The van der Waals surface area contributed by atoms with Crippen LogP contribution in [0.25, 0.3) is 0 Å². The molecule has 0 aliphatic rings. The first-order chi connectivity index (χ1) is 10.1. The molecule has 108 valence electrons. The van der Waals surface area contributed by atoms with Crippen LogP contribution in [0.1, 0.15) is 11.1 Å². The van der Waals surface area contributed by atoms with E-state index in [9.17, 15) is 15.2 Å². The van der Waals surface area contributed by atoms with E-state index in [-0.39, 0.29) is 18.0 Å². The third-order valence-corrected chi connectivity index (χ3v) is 2.84. The van der Waals surface area contributed by atoms with Crippen LogP contribution >= 0.6 is 11.6 Å². The summed E-state index contributed by atoms with van der Waals surface area (Å²) in [5, 5.41) is 24.4. The van der Waals surface area contributed by atoms with Gasteiger partial charge in [-0.2, -0.15) is 0 Å². The zero-order valence-electron chi connectivity index (χ0n) is 10.8. The van der Waals surface area contributed by atoms with Crippen LogP contribution < -0.4 is 0 Å². The molecule has 0 amide bonds. The van der Waals surface area contributed by atoms with Gasteiger partial charge in [-0.15, -0.1) is 0 Å². The van der Waals surface area contributed by atoms with Crippen LogP contribution in [-0.2, 0) is 11.4 Å². The number of non-ortho nitro benzene ring substituents is 1. The van der Waals surface area contributed by atoms with Gasteiger partial charge in [0.05, 0.1) is 11.1 Å². The van der Waals surface area contributed by atoms with Crippen molar-refractivity contribution in [1.82, 2.24) is 0 Å². The van der Waals surface area contributed by atoms with Gasteiger partial charge >= 0.3 is 0 Å². The molecule has 6 nitrogen and oxygen atoms in total. The molecule has 0 atom stereocenters. The maximum absolute atomic E-state index is 10.6. The Kier molecular flexibility index (Phi) is 4.73. The van der Waals surface area contributed by atoms with Crippen LogP contribution in [0.5, 0.6) is 5.75 Å². The summed E-state index contributed by atoms with van der Waals surface area (Å²) < 4.78 is 0. The van der Waals surface area contributed by atoms with Crippen LogP contribution in [0.15, 0.2) is 47.6 Å². The first kappa shape index (κ1) is 14.8. The van der Waals surface area contributed by atoms with Crippen molar-refractivity contribution in [2.24, 2.45) is 5.16 Å². The Balaban J connectivity index is 1.98. The third kappa shape index (κ3) is 4.19. The minimum absolute atomic E-state index is 0.00688. The summed E-state index contributed by atoms with van der Waals surface area (Å²) in [5.74, 6) is 0.0297. The summed E-state index contributed by atoms with van der Waals surface area (Å²) in [6.45, 7) is 0.0828. The highest BCUT2D eigenvalue weighted by Gasteiger charge is 2.05. The minimum atomic E-state index is -0.475. The number of phenolic OH excluding ortho intramolecular Hbond substituents is 1. The normalized spacial score (nSPS) is 10.7. The molecule has 0 unspecified atom stereocenters. The number of oxime groups is 1. The van der Waals surface area contributed by atoms with Crippen molar-refractivity contribution >= 4 is 23.5 Å². The zero-order chi connectivity index (χ0) is 15.2. The zero-order valence-corrected chi connectivity index (χ0v) is 11.5. The van der Waals surface area contributed by atoms with Crippen molar-refractivity contribution in [2.45, 2.75) is 6.61 Å². The molecule has 0 saturated heterocycles. The SMILES string of the molecule is O=[N+]([O-])c1cccc(CON=Cc2cc(Cl)ccc2O)c1. The number of benzene rings is 2. The third-order valence-electron chi connectivity index (χ3n) is 2.61. The van der Waals surface area contributed by atoms with Gasteiger partial charge in [-0.3, -0.25) is 10.1 Å². The van der Waals surface area contributed by atoms with Gasteiger partial charge in [0.15, 0.2) is 0 Å². The maximum atomic E-state index is 10.6. The number of aromatic hydroxyl groups is 1. The second-order valence-electron chi connectivity index (χ2n) is 4.14. The molecule has 7 heteroatoms. The first-order valence-corrected chi connectivity index (χ1v) is 6.31. The van der Waals surface area contributed by atoms with E-state index in [0.29, 0.717) is 16.1 Å². The van der Waals surface area contributed by atoms with Gasteiger partial charge in [0.1, 0.15) is 12.4 Å². The van der Waals surface area contributed by atoms with E-state index in [1.807, 2.05) is 0 Å². The molecule has 0 heterocycles. The van der Waals surface area contributed by atoms with Crippen molar-refractivity contribution in [3.63, 3.8) is 0 Å². The lowest BCUT2D eigenvalue weighted by Gasteiger charge is -2.01. The number of rotatable bonds is 5. The van der Waals surface area contributed by atoms with Crippen molar-refractivity contribution in [3.05, 3.63) is 68.7 Å². The van der Waals surface area contributed by atoms with Crippen LogP contribution in [0.3, 0.4) is 0 Å². The standard InChI is InChI=1S/C14H11ClN2O4/c15-12-4-5-14(18)11(7-12)8-16-21-9-10-2-1-3-13(6-10)17(19)20/h1-8,18H,9H2. The molecule has 1 N–H and O–H groups in total. The Morgan fingerprint density at radius 1 is 1.33 bits per heavy atom. The molecular weight excluding hydrogens is 296 g/mol. The summed E-state index contributed by atoms with van der Waals surface area (Å²) in [6, 6.07) is 10.6. The summed E-state index contributed by atoms with van der Waals surface area (Å²) in [7, 11) is 0. The molecule has 0 aliphatic carbocycles. The molecule has 2 rings (SSSR count). The smallest absolute Gasteiger partial charge is 0.269 e. The van der Waals surface area contributed by atoms with Crippen molar-refractivity contribution in [1.29, 1.82) is 0 Å². The van der Waals surface area contributed by atoms with E-state index in [1.165, 1.54) is 30.5 Å². The van der Waals surface area contributed by atoms with Crippen LogP contribution in [0.4, 0.5) is 5.69 Å². The number of nitro groups is 1. The first-order valence-electron chi connectivity index (χ1n) is 5.93. The Morgan fingerprint density at radius 3 is 2.90 bits per heavy atom. The van der Waals surface area contributed by atoms with Gasteiger partial charge in [-0.1, -0.05) is 28.9 Å². The highest BCUT2D eigenvalue weighted by atomic mass is 35.5. The summed E-state index contributed by atoms with van der Waals surface area (Å²) >= 11 is 5.80. The lowest BCUT2D eigenvalue weighted by molar-refractivity contribution is -0.384. The predicted octanol–water partition coefficient (Wildman–Crippen LogP) is 3.50. The highest BCUT2D eigenvalue weighted by Crippen LogP contribution is 2.19. The number of nitro benzene ring substituents is 1. The fourth-order valence-corrected chi connectivity index (χ4v) is 1.77. The monoisotopic (exact) mass is 306 g/mol. The number of nitrogens with zero attached hydrogens (tertiary/aromatic N) is 2. The predicted molar refractivity (Wildman–Crippen MR) is 78.6 cm³/mol. The van der Waals surface area contributed by atoms with E-state index in [2.05, 4.69) is 5.16 Å². The van der Waals surface area contributed by atoms with Crippen LogP contribution in [-0.4, -0.2) is 16.2 Å². The molecular formula is C14H11ClN2O4. The summed E-state index contributed by atoms with van der Waals surface area (Å²) in [5.41, 5.74) is 1.03. The average molecular weight is 307 g/mol. The van der Waals surface area contributed by atoms with E-state index < -0.39 is 4.92 Å². The Bertz CT molecular complexity index is 688. The van der Waals surface area contributed by atoms with Gasteiger partial charge in [0.2, 0.25) is 0 Å². The molecule has 0 fully saturated rings. The maximum Gasteiger partial charge on any atom is 0.269 e. The van der Waals surface area contributed by atoms with Gasteiger partial charge < -0.3 is 9.94 Å². The van der Waals surface area contributed by atoms with Gasteiger partial charge in [-0.25, -0.2) is 0 Å². The molecule has 0 aliphatic heterocycles. The summed E-state index contributed by atoms with van der Waals surface area (Å²) in [6.07, 6.45) is 1.32. The van der Waals surface area contributed by atoms with Gasteiger partial charge in [0, 0.05) is 22.7 Å². The van der Waals surface area contributed by atoms with Crippen molar-refractivity contribution < 1.29 is 14.9 Å². The number of hydrogen-bond donors (Lipinski definition) is 1. The number of halogens is 1. The molecule has 0 spiro atoms. The second kappa shape index (κ2) is 6.71. The Morgan fingerprint density at radius 2 is 2.14 bits per heavy atom.